The average Bonchev–Trinajstić information content (AvgIpc) is 2.53. The maximum Gasteiger partial charge on any atom is 0.331 e. The molecule has 2 aromatic rings. The Morgan fingerprint density at radius 2 is 1.65 bits per heavy atom. The van der Waals surface area contributed by atoms with E-state index in [0.29, 0.717) is 5.56 Å². The summed E-state index contributed by atoms with van der Waals surface area (Å²) < 4.78 is 4.70. The van der Waals surface area contributed by atoms with Crippen LogP contribution in [0.5, 0.6) is 0 Å². The Kier molecular flexibility index (Phi) is 4.31. The zero-order valence-corrected chi connectivity index (χ0v) is 11.0. The van der Waals surface area contributed by atoms with E-state index in [1.165, 1.54) is 13.2 Å². The molecule has 0 atom stereocenters. The largest absolute Gasteiger partial charge is 0.466 e. The fourth-order valence-electron chi connectivity index (χ4n) is 1.85. The fourth-order valence-corrected chi connectivity index (χ4v) is 1.85. The van der Waals surface area contributed by atoms with Gasteiger partial charge in [-0.25, -0.2) is 4.79 Å². The molecule has 0 aromatic heterocycles. The molecule has 0 unspecified atom stereocenters. The molecule has 0 bridgehead atoms. The van der Waals surface area contributed by atoms with Crippen LogP contribution in [0, 0.1) is 11.3 Å². The summed E-state index contributed by atoms with van der Waals surface area (Å²) >= 11 is 0. The van der Waals surface area contributed by atoms with E-state index in [2.05, 4.69) is 6.07 Å². The summed E-state index contributed by atoms with van der Waals surface area (Å²) in [6.07, 6.45) is 1.46. The van der Waals surface area contributed by atoms with Gasteiger partial charge in [-0.15, -0.1) is 0 Å². The highest BCUT2D eigenvalue weighted by Crippen LogP contribution is 2.23. The molecule has 98 valence electrons. The topological polar surface area (TPSA) is 50.1 Å². The lowest BCUT2D eigenvalue weighted by Crippen LogP contribution is -1.98. The summed E-state index contributed by atoms with van der Waals surface area (Å²) in [5, 5.41) is 8.83. The molecule has 0 aliphatic carbocycles. The number of benzene rings is 2. The van der Waals surface area contributed by atoms with E-state index in [1.807, 2.05) is 42.5 Å². The van der Waals surface area contributed by atoms with Crippen LogP contribution in [-0.4, -0.2) is 13.1 Å². The van der Waals surface area contributed by atoms with Crippen LogP contribution in [0.1, 0.15) is 16.7 Å². The van der Waals surface area contributed by atoms with Crippen LogP contribution in [0.15, 0.2) is 60.7 Å². The molecule has 0 fully saturated rings. The Morgan fingerprint density at radius 1 is 1.05 bits per heavy atom. The van der Waals surface area contributed by atoms with E-state index in [9.17, 15) is 4.79 Å². The molecule has 0 aliphatic heterocycles. The number of rotatable bonds is 3. The van der Waals surface area contributed by atoms with Gasteiger partial charge < -0.3 is 4.74 Å². The van der Waals surface area contributed by atoms with Gasteiger partial charge >= 0.3 is 5.97 Å². The quantitative estimate of drug-likeness (QED) is 0.631. The van der Waals surface area contributed by atoms with Gasteiger partial charge in [-0.3, -0.25) is 0 Å². The van der Waals surface area contributed by atoms with Gasteiger partial charge in [0.15, 0.2) is 0 Å². The Balaban J connectivity index is 2.49. The van der Waals surface area contributed by atoms with Gasteiger partial charge in [0.2, 0.25) is 0 Å². The van der Waals surface area contributed by atoms with Crippen molar-refractivity contribution in [1.82, 2.24) is 0 Å². The summed E-state index contributed by atoms with van der Waals surface area (Å²) in [6.45, 7) is 0. The third-order valence-electron chi connectivity index (χ3n) is 2.87. The van der Waals surface area contributed by atoms with Gasteiger partial charge in [-0.05, 0) is 28.8 Å². The molecule has 0 radical (unpaired) electrons. The second-order valence-corrected chi connectivity index (χ2v) is 4.14. The van der Waals surface area contributed by atoms with E-state index < -0.39 is 5.97 Å². The van der Waals surface area contributed by atoms with E-state index in [4.69, 9.17) is 10.00 Å². The van der Waals surface area contributed by atoms with Crippen molar-refractivity contribution in [3.8, 4) is 6.07 Å². The predicted octanol–water partition coefficient (Wildman–Crippen LogP) is 3.16. The van der Waals surface area contributed by atoms with Crippen molar-refractivity contribution in [2.45, 2.75) is 0 Å². The molecule has 3 nitrogen and oxygen atoms in total. The van der Waals surface area contributed by atoms with Crippen LogP contribution in [-0.2, 0) is 9.53 Å². The minimum atomic E-state index is -0.409. The highest BCUT2D eigenvalue weighted by molar-refractivity contribution is 5.96. The lowest BCUT2D eigenvalue weighted by Gasteiger charge is -2.08. The van der Waals surface area contributed by atoms with Gasteiger partial charge in [0.1, 0.15) is 0 Å². The van der Waals surface area contributed by atoms with Gasteiger partial charge in [-0.2, -0.15) is 5.26 Å². The number of carbonyl (C=O) groups excluding carboxylic acids is 1. The maximum absolute atomic E-state index is 11.5. The standard InChI is InChI=1S/C17H13NO2/c1-20-17(19)11-16(14-5-3-2-4-6-14)15-9-7-13(12-18)8-10-15/h2-11H,1H3/b16-11+. The molecule has 0 aliphatic rings. The monoisotopic (exact) mass is 263 g/mol. The number of hydrogen-bond acceptors (Lipinski definition) is 3. The fraction of sp³-hybridized carbons (Fsp3) is 0.0588. The first-order valence-electron chi connectivity index (χ1n) is 6.10. The summed E-state index contributed by atoms with van der Waals surface area (Å²) in [6, 6.07) is 18.7. The number of esters is 1. The number of methoxy groups -OCH3 is 1. The lowest BCUT2D eigenvalue weighted by molar-refractivity contribution is -0.134. The molecule has 0 spiro atoms. The second-order valence-electron chi connectivity index (χ2n) is 4.14. The van der Waals surface area contributed by atoms with Crippen molar-refractivity contribution in [2.24, 2.45) is 0 Å². The minimum Gasteiger partial charge on any atom is -0.466 e. The minimum absolute atomic E-state index is 0.409. The smallest absolute Gasteiger partial charge is 0.331 e. The third kappa shape index (κ3) is 3.12. The zero-order valence-electron chi connectivity index (χ0n) is 11.0. The number of nitriles is 1. The van der Waals surface area contributed by atoms with Crippen molar-refractivity contribution >= 4 is 11.5 Å². The number of carbonyl (C=O) groups is 1. The number of hydrogen-bond donors (Lipinski definition) is 0. The third-order valence-corrected chi connectivity index (χ3v) is 2.87. The first-order valence-corrected chi connectivity index (χ1v) is 6.10. The number of nitrogens with zero attached hydrogens (tertiary/aromatic N) is 1. The van der Waals surface area contributed by atoms with Crippen molar-refractivity contribution in [1.29, 1.82) is 5.26 Å². The number of ether oxygens (including phenoxy) is 1. The molecule has 20 heavy (non-hydrogen) atoms. The molecule has 0 amide bonds. The summed E-state index contributed by atoms with van der Waals surface area (Å²) in [5.41, 5.74) is 3.13. The summed E-state index contributed by atoms with van der Waals surface area (Å²) in [7, 11) is 1.35. The van der Waals surface area contributed by atoms with Crippen LogP contribution in [0.2, 0.25) is 0 Å². The highest BCUT2D eigenvalue weighted by atomic mass is 16.5. The Bertz CT molecular complexity index is 664. The maximum atomic E-state index is 11.5. The van der Waals surface area contributed by atoms with Crippen molar-refractivity contribution in [2.75, 3.05) is 7.11 Å². The first kappa shape index (κ1) is 13.6. The van der Waals surface area contributed by atoms with Gasteiger partial charge in [0.25, 0.3) is 0 Å². The Hall–Kier alpha value is -2.86. The predicted molar refractivity (Wildman–Crippen MR) is 76.7 cm³/mol. The summed E-state index contributed by atoms with van der Waals surface area (Å²) in [4.78, 5) is 11.5. The SMILES string of the molecule is COC(=O)/C=C(\c1ccccc1)c1ccc(C#N)cc1. The van der Waals surface area contributed by atoms with Crippen molar-refractivity contribution in [3.63, 3.8) is 0 Å². The van der Waals surface area contributed by atoms with Gasteiger partial charge in [-0.1, -0.05) is 42.5 Å². The molecule has 0 saturated heterocycles. The van der Waals surface area contributed by atoms with E-state index in [-0.39, 0.29) is 0 Å². The van der Waals surface area contributed by atoms with Gasteiger partial charge in [0, 0.05) is 6.08 Å². The summed E-state index contributed by atoms with van der Waals surface area (Å²) in [5.74, 6) is -0.409. The Morgan fingerprint density at radius 3 is 2.20 bits per heavy atom. The van der Waals surface area contributed by atoms with Crippen LogP contribution >= 0.6 is 0 Å². The molecule has 0 heterocycles. The van der Waals surface area contributed by atoms with Crippen LogP contribution in [0.4, 0.5) is 0 Å². The zero-order chi connectivity index (χ0) is 14.4. The van der Waals surface area contributed by atoms with E-state index in [1.54, 1.807) is 12.1 Å². The molecule has 0 N–H and O–H groups in total. The normalized spacial score (nSPS) is 10.7. The van der Waals surface area contributed by atoms with Crippen LogP contribution in [0.3, 0.4) is 0 Å². The van der Waals surface area contributed by atoms with Crippen molar-refractivity contribution in [3.05, 3.63) is 77.4 Å². The van der Waals surface area contributed by atoms with Crippen molar-refractivity contribution < 1.29 is 9.53 Å². The van der Waals surface area contributed by atoms with E-state index in [0.717, 1.165) is 16.7 Å². The first-order chi connectivity index (χ1) is 9.74. The van der Waals surface area contributed by atoms with E-state index >= 15 is 0 Å². The second kappa shape index (κ2) is 6.35. The average molecular weight is 263 g/mol. The molecular weight excluding hydrogens is 250 g/mol. The molecule has 0 saturated carbocycles. The van der Waals surface area contributed by atoms with Crippen LogP contribution < -0.4 is 0 Å². The highest BCUT2D eigenvalue weighted by Gasteiger charge is 2.07. The molecule has 2 aromatic carbocycles. The van der Waals surface area contributed by atoms with Gasteiger partial charge in [0.05, 0.1) is 18.7 Å². The molecular formula is C17H13NO2. The van der Waals surface area contributed by atoms with Crippen LogP contribution in [0.25, 0.3) is 5.57 Å². The Labute approximate surface area is 117 Å². The lowest BCUT2D eigenvalue weighted by atomic mass is 9.97. The molecule has 3 heteroatoms. The molecule has 2 rings (SSSR count).